The first kappa shape index (κ1) is 15.4. The summed E-state index contributed by atoms with van der Waals surface area (Å²) in [5.74, 6) is -0.265. The molecule has 5 heteroatoms. The topological polar surface area (TPSA) is 43.4 Å². The molecule has 0 saturated heterocycles. The van der Waals surface area contributed by atoms with Gasteiger partial charge in [-0.2, -0.15) is 0 Å². The molecule has 0 saturated carbocycles. The van der Waals surface area contributed by atoms with Crippen molar-refractivity contribution in [2.45, 2.75) is 32.3 Å². The SMILES string of the molecule is CCCC(=O)OC(CC(=O)Cl)C[N+](C)(C)C. The highest BCUT2D eigenvalue weighted by Gasteiger charge is 2.23. The number of hydrogen-bond acceptors (Lipinski definition) is 3. The van der Waals surface area contributed by atoms with Crippen molar-refractivity contribution in [3.05, 3.63) is 0 Å². The third kappa shape index (κ3) is 8.68. The number of ether oxygens (including phenoxy) is 1. The minimum Gasteiger partial charge on any atom is -0.456 e. The first-order chi connectivity index (χ1) is 7.24. The minimum atomic E-state index is -0.470. The molecule has 0 heterocycles. The van der Waals surface area contributed by atoms with E-state index in [4.69, 9.17) is 16.3 Å². The maximum Gasteiger partial charge on any atom is 0.306 e. The molecule has 0 fully saturated rings. The standard InChI is InChI=1S/C11H21ClNO3/c1-5-6-11(15)16-9(7-10(12)14)8-13(2,3)4/h9H,5-8H2,1-4H3/q+1. The number of hydrogen-bond donors (Lipinski definition) is 0. The normalized spacial score (nSPS) is 13.3. The molecule has 0 aromatic carbocycles. The van der Waals surface area contributed by atoms with Gasteiger partial charge in [0.25, 0.3) is 0 Å². The Bertz CT molecular complexity index is 248. The maximum absolute atomic E-state index is 11.3. The van der Waals surface area contributed by atoms with E-state index in [2.05, 4.69) is 0 Å². The summed E-state index contributed by atoms with van der Waals surface area (Å²) in [6.07, 6.45) is 0.769. The zero-order valence-electron chi connectivity index (χ0n) is 10.5. The van der Waals surface area contributed by atoms with Gasteiger partial charge in [-0.25, -0.2) is 0 Å². The third-order valence-corrected chi connectivity index (χ3v) is 2.05. The van der Waals surface area contributed by atoms with E-state index in [0.717, 1.165) is 6.42 Å². The van der Waals surface area contributed by atoms with Crippen LogP contribution in [0.25, 0.3) is 0 Å². The Labute approximate surface area is 102 Å². The number of likely N-dealkylation sites (N-methyl/N-ethyl adjacent to an activating group) is 1. The monoisotopic (exact) mass is 250 g/mol. The van der Waals surface area contributed by atoms with E-state index in [1.807, 2.05) is 28.1 Å². The molecule has 16 heavy (non-hydrogen) atoms. The highest BCUT2D eigenvalue weighted by Crippen LogP contribution is 2.08. The Balaban J connectivity index is 4.31. The van der Waals surface area contributed by atoms with Gasteiger partial charge >= 0.3 is 5.97 Å². The smallest absolute Gasteiger partial charge is 0.306 e. The molecule has 0 amide bonds. The minimum absolute atomic E-state index is 0.0759. The number of halogens is 1. The summed E-state index contributed by atoms with van der Waals surface area (Å²) in [6, 6.07) is 0. The summed E-state index contributed by atoms with van der Waals surface area (Å²) >= 11 is 5.32. The first-order valence-electron chi connectivity index (χ1n) is 5.43. The zero-order valence-corrected chi connectivity index (χ0v) is 11.2. The molecule has 0 N–H and O–H groups in total. The second kappa shape index (κ2) is 6.86. The molecule has 1 atom stereocenters. The van der Waals surface area contributed by atoms with E-state index in [1.54, 1.807) is 0 Å². The predicted octanol–water partition coefficient (Wildman–Crippen LogP) is 1.56. The molecule has 4 nitrogen and oxygen atoms in total. The van der Waals surface area contributed by atoms with Crippen LogP contribution in [0.4, 0.5) is 0 Å². The number of quaternary nitrogens is 1. The molecule has 0 aliphatic carbocycles. The fraction of sp³-hybridized carbons (Fsp3) is 0.818. The number of nitrogens with zero attached hydrogens (tertiary/aromatic N) is 1. The van der Waals surface area contributed by atoms with Crippen molar-refractivity contribution in [1.82, 2.24) is 0 Å². The highest BCUT2D eigenvalue weighted by molar-refractivity contribution is 6.63. The molecule has 0 radical (unpaired) electrons. The second-order valence-electron chi connectivity index (χ2n) is 4.89. The first-order valence-corrected chi connectivity index (χ1v) is 5.80. The van der Waals surface area contributed by atoms with Crippen LogP contribution in [-0.4, -0.2) is 49.5 Å². The zero-order chi connectivity index (χ0) is 12.8. The predicted molar refractivity (Wildman–Crippen MR) is 63.2 cm³/mol. The summed E-state index contributed by atoms with van der Waals surface area (Å²) in [5.41, 5.74) is 0. The summed E-state index contributed by atoms with van der Waals surface area (Å²) in [6.45, 7) is 2.48. The van der Waals surface area contributed by atoms with Crippen molar-refractivity contribution >= 4 is 22.8 Å². The van der Waals surface area contributed by atoms with Crippen LogP contribution in [0.1, 0.15) is 26.2 Å². The lowest BCUT2D eigenvalue weighted by Gasteiger charge is -2.28. The van der Waals surface area contributed by atoms with Crippen molar-refractivity contribution < 1.29 is 18.8 Å². The lowest BCUT2D eigenvalue weighted by atomic mass is 10.2. The highest BCUT2D eigenvalue weighted by atomic mass is 35.5. The number of rotatable bonds is 7. The van der Waals surface area contributed by atoms with Crippen LogP contribution in [-0.2, 0) is 14.3 Å². The molecule has 0 spiro atoms. The van der Waals surface area contributed by atoms with Gasteiger partial charge in [0, 0.05) is 6.42 Å². The van der Waals surface area contributed by atoms with E-state index in [9.17, 15) is 9.59 Å². The maximum atomic E-state index is 11.3. The van der Waals surface area contributed by atoms with E-state index in [-0.39, 0.29) is 12.4 Å². The van der Waals surface area contributed by atoms with Crippen molar-refractivity contribution in [3.63, 3.8) is 0 Å². The molecule has 0 aliphatic heterocycles. The lowest BCUT2D eigenvalue weighted by Crippen LogP contribution is -2.43. The third-order valence-electron chi connectivity index (χ3n) is 1.89. The van der Waals surface area contributed by atoms with Gasteiger partial charge < -0.3 is 9.22 Å². The van der Waals surface area contributed by atoms with Gasteiger partial charge in [0.05, 0.1) is 27.6 Å². The molecule has 0 aliphatic rings. The van der Waals surface area contributed by atoms with Crippen LogP contribution in [0.15, 0.2) is 0 Å². The van der Waals surface area contributed by atoms with Gasteiger partial charge in [0.1, 0.15) is 6.54 Å². The number of esters is 1. The van der Waals surface area contributed by atoms with Gasteiger partial charge in [-0.3, -0.25) is 9.59 Å². The Kier molecular flexibility index (Phi) is 6.60. The summed E-state index contributed by atoms with van der Waals surface area (Å²) in [5, 5.41) is -0.470. The van der Waals surface area contributed by atoms with Crippen LogP contribution in [0.3, 0.4) is 0 Å². The molecule has 0 bridgehead atoms. The van der Waals surface area contributed by atoms with Crippen LogP contribution in [0.5, 0.6) is 0 Å². The lowest BCUT2D eigenvalue weighted by molar-refractivity contribution is -0.873. The molecule has 1 unspecified atom stereocenters. The Hall–Kier alpha value is -0.610. The van der Waals surface area contributed by atoms with Gasteiger partial charge in [-0.05, 0) is 18.0 Å². The van der Waals surface area contributed by atoms with Gasteiger partial charge in [0.15, 0.2) is 6.10 Å². The van der Waals surface area contributed by atoms with Crippen LogP contribution < -0.4 is 0 Å². The van der Waals surface area contributed by atoms with E-state index in [1.165, 1.54) is 0 Å². The fourth-order valence-electron chi connectivity index (χ4n) is 1.38. The number of carbonyl (C=O) groups excluding carboxylic acids is 2. The number of carbonyl (C=O) groups is 2. The van der Waals surface area contributed by atoms with E-state index < -0.39 is 11.3 Å². The molecule has 0 rings (SSSR count). The van der Waals surface area contributed by atoms with Gasteiger partial charge in [0.2, 0.25) is 5.24 Å². The van der Waals surface area contributed by atoms with Crippen molar-refractivity contribution in [1.29, 1.82) is 0 Å². The molecule has 94 valence electrons. The molecule has 0 aromatic rings. The summed E-state index contributed by atoms with van der Waals surface area (Å²) < 4.78 is 5.84. The average molecular weight is 251 g/mol. The average Bonchev–Trinajstić information content (AvgIpc) is 1.98. The van der Waals surface area contributed by atoms with Crippen molar-refractivity contribution in [2.24, 2.45) is 0 Å². The molecular weight excluding hydrogens is 230 g/mol. The van der Waals surface area contributed by atoms with E-state index >= 15 is 0 Å². The Morgan fingerprint density at radius 1 is 1.31 bits per heavy atom. The fourth-order valence-corrected chi connectivity index (χ4v) is 1.55. The Morgan fingerprint density at radius 3 is 2.25 bits per heavy atom. The van der Waals surface area contributed by atoms with Crippen molar-refractivity contribution in [2.75, 3.05) is 27.7 Å². The van der Waals surface area contributed by atoms with Gasteiger partial charge in [-0.15, -0.1) is 0 Å². The largest absolute Gasteiger partial charge is 0.456 e. The van der Waals surface area contributed by atoms with E-state index in [0.29, 0.717) is 17.4 Å². The second-order valence-corrected chi connectivity index (χ2v) is 5.32. The van der Waals surface area contributed by atoms with Gasteiger partial charge in [-0.1, -0.05) is 6.92 Å². The van der Waals surface area contributed by atoms with Crippen LogP contribution in [0.2, 0.25) is 0 Å². The molecular formula is C11H21ClNO3+. The Morgan fingerprint density at radius 2 is 1.88 bits per heavy atom. The van der Waals surface area contributed by atoms with Crippen LogP contribution >= 0.6 is 11.6 Å². The molecule has 0 aromatic heterocycles. The quantitative estimate of drug-likeness (QED) is 0.391. The van der Waals surface area contributed by atoms with Crippen LogP contribution in [0, 0.1) is 0 Å². The summed E-state index contributed by atoms with van der Waals surface area (Å²) in [4.78, 5) is 22.2. The summed E-state index contributed by atoms with van der Waals surface area (Å²) in [7, 11) is 5.91. The van der Waals surface area contributed by atoms with Crippen molar-refractivity contribution in [3.8, 4) is 0 Å².